The molecule has 1 unspecified atom stereocenters. The molecule has 2 amide bonds. The minimum Gasteiger partial charge on any atom is -0.508 e. The molecule has 292 valence electrons. The molecule has 11 N–H and O–H groups in total. The van der Waals surface area contributed by atoms with Gasteiger partial charge in [-0.2, -0.15) is 0 Å². The first-order valence-corrected chi connectivity index (χ1v) is 18.0. The first-order valence-electron chi connectivity index (χ1n) is 18.0. The number of guanidine groups is 1. The molecule has 0 fully saturated rings. The Hall–Kier alpha value is -5.40. The number of phenols is 1. The van der Waals surface area contributed by atoms with Crippen LogP contribution in [0.3, 0.4) is 0 Å². The van der Waals surface area contributed by atoms with Crippen molar-refractivity contribution >= 4 is 35.1 Å². The van der Waals surface area contributed by atoms with Gasteiger partial charge in [-0.25, -0.2) is 0 Å². The van der Waals surface area contributed by atoms with E-state index in [1.165, 1.54) is 0 Å². The Labute approximate surface area is 318 Å². The van der Waals surface area contributed by atoms with Gasteiger partial charge >= 0.3 is 0 Å². The summed E-state index contributed by atoms with van der Waals surface area (Å²) in [6, 6.07) is 18.2. The minimum atomic E-state index is -0.949. The number of phenolic OH excluding ortho intramolecular Hbond substituents is 1. The first-order chi connectivity index (χ1) is 25.5. The Morgan fingerprint density at radius 3 is 1.93 bits per heavy atom. The number of aryl methyl sites for hydroxylation is 3. The number of rotatable bonds is 20. The van der Waals surface area contributed by atoms with Crippen molar-refractivity contribution in [3.8, 4) is 5.75 Å². The number of primary amides is 1. The van der Waals surface area contributed by atoms with Crippen molar-refractivity contribution in [3.63, 3.8) is 0 Å². The van der Waals surface area contributed by atoms with Crippen LogP contribution >= 0.6 is 0 Å². The van der Waals surface area contributed by atoms with E-state index in [0.717, 1.165) is 33.4 Å². The van der Waals surface area contributed by atoms with Gasteiger partial charge in [-0.3, -0.25) is 29.0 Å². The molecule has 0 heterocycles. The maximum absolute atomic E-state index is 13.7. The van der Waals surface area contributed by atoms with Gasteiger partial charge < -0.3 is 38.7 Å². The SMILES string of the molecule is CC(=O)c1ccccc1C.CNCC(CC(=O)[C@H](Cc1ccccc1)NC(=O)[C@@H](CCCN=C(N)N)CC(=O)[C@@H](N)Cc1c(C)cc(O)cc1C)C(N)=O. The molecule has 0 aliphatic carbocycles. The molecule has 0 aliphatic rings. The number of carbonyl (C=O) groups excluding carboxylic acids is 5. The fourth-order valence-corrected chi connectivity index (χ4v) is 6.15. The highest BCUT2D eigenvalue weighted by Crippen LogP contribution is 2.23. The number of Topliss-reactive ketones (excluding diaryl/α,β-unsaturated/α-hetero) is 3. The number of nitrogens with two attached hydrogens (primary N) is 4. The van der Waals surface area contributed by atoms with Gasteiger partial charge in [-0.05, 0) is 100 Å². The molecule has 0 saturated carbocycles. The van der Waals surface area contributed by atoms with Crippen molar-refractivity contribution < 1.29 is 29.1 Å². The lowest BCUT2D eigenvalue weighted by molar-refractivity contribution is -0.133. The Kier molecular flexibility index (Phi) is 18.7. The zero-order chi connectivity index (χ0) is 40.4. The summed E-state index contributed by atoms with van der Waals surface area (Å²) in [4.78, 5) is 67.3. The third-order valence-electron chi connectivity index (χ3n) is 9.15. The second-order valence-electron chi connectivity index (χ2n) is 13.6. The van der Waals surface area contributed by atoms with Gasteiger partial charge in [0.1, 0.15) is 5.75 Å². The number of aliphatic imine (C=N–C) groups is 1. The number of hydrogen-bond donors (Lipinski definition) is 7. The smallest absolute Gasteiger partial charge is 0.224 e. The van der Waals surface area contributed by atoms with Crippen LogP contribution in [-0.2, 0) is 32.0 Å². The van der Waals surface area contributed by atoms with Gasteiger partial charge in [0, 0.05) is 37.4 Å². The number of carbonyl (C=O) groups is 5. The van der Waals surface area contributed by atoms with Crippen molar-refractivity contribution in [2.75, 3.05) is 20.1 Å². The van der Waals surface area contributed by atoms with Crippen LogP contribution < -0.4 is 33.6 Å². The zero-order valence-electron chi connectivity index (χ0n) is 32.1. The molecule has 13 heteroatoms. The number of aromatic hydroxyl groups is 1. The normalized spacial score (nSPS) is 12.9. The number of ketones is 3. The topological polar surface area (TPSA) is 246 Å². The van der Waals surface area contributed by atoms with E-state index in [1.54, 1.807) is 26.1 Å². The summed E-state index contributed by atoms with van der Waals surface area (Å²) in [5.41, 5.74) is 27.9. The van der Waals surface area contributed by atoms with Gasteiger partial charge in [0.2, 0.25) is 11.8 Å². The molecule has 0 bridgehead atoms. The van der Waals surface area contributed by atoms with Gasteiger partial charge in [-0.15, -0.1) is 0 Å². The fourth-order valence-electron chi connectivity index (χ4n) is 6.15. The van der Waals surface area contributed by atoms with Crippen molar-refractivity contribution in [3.05, 3.63) is 100 Å². The van der Waals surface area contributed by atoms with Gasteiger partial charge in [0.25, 0.3) is 0 Å². The molecule has 0 saturated heterocycles. The van der Waals surface area contributed by atoms with Crippen molar-refractivity contribution in [1.29, 1.82) is 0 Å². The molecule has 0 aliphatic heterocycles. The molecule has 3 rings (SSSR count). The predicted octanol–water partition coefficient (Wildman–Crippen LogP) is 2.71. The summed E-state index contributed by atoms with van der Waals surface area (Å²) >= 11 is 0. The summed E-state index contributed by atoms with van der Waals surface area (Å²) in [6.07, 6.45) is 0.823. The maximum atomic E-state index is 13.7. The Morgan fingerprint density at radius 2 is 1.39 bits per heavy atom. The fraction of sp³-hybridized carbons (Fsp3) is 0.415. The van der Waals surface area contributed by atoms with Crippen LogP contribution in [0, 0.1) is 32.6 Å². The summed E-state index contributed by atoms with van der Waals surface area (Å²) in [7, 11) is 1.66. The molecule has 54 heavy (non-hydrogen) atoms. The Bertz CT molecular complexity index is 1730. The van der Waals surface area contributed by atoms with E-state index in [0.29, 0.717) is 6.42 Å². The van der Waals surface area contributed by atoms with Crippen molar-refractivity contribution in [1.82, 2.24) is 10.6 Å². The summed E-state index contributed by atoms with van der Waals surface area (Å²) < 4.78 is 0. The van der Waals surface area contributed by atoms with Crippen LogP contribution in [0.4, 0.5) is 0 Å². The van der Waals surface area contributed by atoms with Crippen LogP contribution in [0.5, 0.6) is 5.75 Å². The highest BCUT2D eigenvalue weighted by Gasteiger charge is 2.31. The molecule has 0 spiro atoms. The summed E-state index contributed by atoms with van der Waals surface area (Å²) in [5.74, 6) is -3.12. The maximum Gasteiger partial charge on any atom is 0.224 e. The third kappa shape index (κ3) is 15.3. The van der Waals surface area contributed by atoms with Crippen LogP contribution in [0.1, 0.15) is 70.8 Å². The number of amides is 2. The predicted molar refractivity (Wildman–Crippen MR) is 212 cm³/mol. The molecule has 0 radical (unpaired) electrons. The average molecular weight is 744 g/mol. The third-order valence-corrected chi connectivity index (χ3v) is 9.15. The van der Waals surface area contributed by atoms with Crippen molar-refractivity contribution in [2.45, 2.75) is 78.3 Å². The monoisotopic (exact) mass is 743 g/mol. The molecular formula is C41H57N7O6. The minimum absolute atomic E-state index is 0.0807. The lowest BCUT2D eigenvalue weighted by atomic mass is 9.88. The largest absolute Gasteiger partial charge is 0.508 e. The Morgan fingerprint density at radius 1 is 0.796 bits per heavy atom. The summed E-state index contributed by atoms with van der Waals surface area (Å²) in [6.45, 7) is 7.67. The second-order valence-corrected chi connectivity index (χ2v) is 13.6. The standard InChI is InChI=1S/C32H47N7O5.C9H10O/c1-19-12-24(40)13-20(2)25(19)17-26(33)28(41)15-22(10-7-11-38-32(35)36)31(44)39-27(14-21-8-5-4-6-9-21)29(42)16-23(18-37-3)30(34)43;1-7-5-3-4-6-9(7)8(2)10/h4-6,8-9,12-13,22-23,26-27,37,40H,7,10-11,14-18,33H2,1-3H3,(H2,34,43)(H,39,44)(H4,35,36,38);3-6H,1-2H3/t22-,23?,26-,27-;/m0./s1. The lowest BCUT2D eigenvalue weighted by Crippen LogP contribution is -2.47. The van der Waals surface area contributed by atoms with Gasteiger partial charge in [0.05, 0.1) is 18.0 Å². The van der Waals surface area contributed by atoms with E-state index in [9.17, 15) is 29.1 Å². The number of nitrogens with one attached hydrogen (secondary N) is 2. The van der Waals surface area contributed by atoms with Crippen molar-refractivity contribution in [2.24, 2.45) is 39.8 Å². The number of nitrogens with zero attached hydrogens (tertiary/aromatic N) is 1. The molecule has 3 aromatic carbocycles. The molecule has 3 aromatic rings. The van der Waals surface area contributed by atoms with E-state index in [4.69, 9.17) is 22.9 Å². The zero-order valence-corrected chi connectivity index (χ0v) is 32.1. The first kappa shape index (κ1) is 44.8. The van der Waals surface area contributed by atoms with E-state index in [1.807, 2.05) is 75.4 Å². The van der Waals surface area contributed by atoms with E-state index in [-0.39, 0.29) is 74.3 Å². The van der Waals surface area contributed by atoms with E-state index in [2.05, 4.69) is 15.6 Å². The number of hydrogen-bond acceptors (Lipinski definition) is 9. The van der Waals surface area contributed by atoms with Gasteiger partial charge in [0.15, 0.2) is 23.3 Å². The average Bonchev–Trinajstić information content (AvgIpc) is 3.10. The second kappa shape index (κ2) is 22.6. The van der Waals surface area contributed by atoms with Crippen LogP contribution in [-0.4, -0.2) is 72.5 Å². The van der Waals surface area contributed by atoms with Crippen LogP contribution in [0.2, 0.25) is 0 Å². The summed E-state index contributed by atoms with van der Waals surface area (Å²) in [5, 5.41) is 15.6. The quantitative estimate of drug-likeness (QED) is 0.0386. The van der Waals surface area contributed by atoms with Gasteiger partial charge in [-0.1, -0.05) is 54.6 Å². The molecular weight excluding hydrogens is 686 g/mol. The van der Waals surface area contributed by atoms with E-state index < -0.39 is 35.7 Å². The number of benzene rings is 3. The molecule has 4 atom stereocenters. The molecule has 0 aromatic heterocycles. The van der Waals surface area contributed by atoms with E-state index >= 15 is 0 Å². The van der Waals surface area contributed by atoms with Crippen LogP contribution in [0.15, 0.2) is 71.7 Å². The Balaban J connectivity index is 0.000000867. The van der Waals surface area contributed by atoms with Crippen LogP contribution in [0.25, 0.3) is 0 Å². The highest BCUT2D eigenvalue weighted by atomic mass is 16.3. The molecule has 13 nitrogen and oxygen atoms in total. The highest BCUT2D eigenvalue weighted by molar-refractivity contribution is 5.96. The lowest BCUT2D eigenvalue weighted by Gasteiger charge is -2.24.